The molecule has 0 aliphatic carbocycles. The maximum Gasteiger partial charge on any atom is 0.142 e. The van der Waals surface area contributed by atoms with Crippen LogP contribution in [0.4, 0.5) is 0 Å². The normalized spacial score (nSPS) is 11.0. The Labute approximate surface area is 100 Å². The fourth-order valence-electron chi connectivity index (χ4n) is 1.58. The van der Waals surface area contributed by atoms with Gasteiger partial charge in [0.15, 0.2) is 0 Å². The summed E-state index contributed by atoms with van der Waals surface area (Å²) in [4.78, 5) is 9.08. The molecule has 0 bridgehead atoms. The maximum atomic E-state index is 4.64. The fourth-order valence-corrected chi connectivity index (χ4v) is 2.59. The number of rotatable bonds is 3. The van der Waals surface area contributed by atoms with Crippen molar-refractivity contribution in [3.05, 3.63) is 35.0 Å². The van der Waals surface area contributed by atoms with Crippen molar-refractivity contribution in [1.29, 1.82) is 0 Å². The maximum absolute atomic E-state index is 4.64. The summed E-state index contributed by atoms with van der Waals surface area (Å²) >= 11 is 1.69. The quantitative estimate of drug-likeness (QED) is 0.802. The Bertz CT molecular complexity index is 474. The molecule has 0 amide bonds. The summed E-state index contributed by atoms with van der Waals surface area (Å²) in [6.45, 7) is 6.48. The Balaban J connectivity index is 2.42. The second-order valence-electron chi connectivity index (χ2n) is 4.10. The van der Waals surface area contributed by atoms with Crippen LogP contribution in [0.25, 0.3) is 10.7 Å². The molecule has 2 aromatic heterocycles. The number of hydrogen-bond acceptors (Lipinski definition) is 3. The van der Waals surface area contributed by atoms with Crippen molar-refractivity contribution in [2.45, 2.75) is 33.1 Å². The molecule has 2 rings (SSSR count). The first-order chi connectivity index (χ1) is 7.72. The molecule has 0 saturated heterocycles. The van der Waals surface area contributed by atoms with Gasteiger partial charge in [0.05, 0.1) is 5.69 Å². The van der Waals surface area contributed by atoms with Gasteiger partial charge in [-0.05, 0) is 24.0 Å². The van der Waals surface area contributed by atoms with E-state index in [2.05, 4.69) is 42.2 Å². The van der Waals surface area contributed by atoms with E-state index in [1.165, 1.54) is 5.56 Å². The summed E-state index contributed by atoms with van der Waals surface area (Å²) in [6, 6.07) is 4.11. The standard InChI is InChI=1S/C13H16N2S/c1-4-10-6-5-7-14-12(10)13-15-11(8-16-13)9(2)3/h5-9H,4H2,1-3H3. The lowest BCUT2D eigenvalue weighted by Crippen LogP contribution is -1.92. The van der Waals surface area contributed by atoms with Crippen molar-refractivity contribution in [1.82, 2.24) is 9.97 Å². The molecule has 2 aromatic rings. The average Bonchev–Trinajstić information content (AvgIpc) is 2.78. The zero-order valence-electron chi connectivity index (χ0n) is 9.90. The van der Waals surface area contributed by atoms with Gasteiger partial charge < -0.3 is 0 Å². The Kier molecular flexibility index (Phi) is 3.34. The highest BCUT2D eigenvalue weighted by molar-refractivity contribution is 7.13. The molecule has 0 unspecified atom stereocenters. The van der Waals surface area contributed by atoms with Crippen LogP contribution < -0.4 is 0 Å². The summed E-state index contributed by atoms with van der Waals surface area (Å²) in [5.41, 5.74) is 3.47. The molecule has 0 aliphatic rings. The van der Waals surface area contributed by atoms with Gasteiger partial charge >= 0.3 is 0 Å². The number of hydrogen-bond donors (Lipinski definition) is 0. The number of aromatic nitrogens is 2. The molecule has 0 spiro atoms. The molecule has 0 fully saturated rings. The Morgan fingerprint density at radius 2 is 2.19 bits per heavy atom. The third kappa shape index (κ3) is 2.14. The number of aryl methyl sites for hydroxylation is 1. The molecule has 0 aromatic carbocycles. The third-order valence-electron chi connectivity index (χ3n) is 2.59. The zero-order valence-corrected chi connectivity index (χ0v) is 10.7. The van der Waals surface area contributed by atoms with Gasteiger partial charge in [-0.25, -0.2) is 4.98 Å². The second-order valence-corrected chi connectivity index (χ2v) is 4.96. The minimum absolute atomic E-state index is 0.485. The van der Waals surface area contributed by atoms with Crippen molar-refractivity contribution in [3.8, 4) is 10.7 Å². The largest absolute Gasteiger partial charge is 0.253 e. The molecule has 0 atom stereocenters. The van der Waals surface area contributed by atoms with Gasteiger partial charge in [0.1, 0.15) is 10.7 Å². The van der Waals surface area contributed by atoms with Crippen LogP contribution in [-0.2, 0) is 6.42 Å². The van der Waals surface area contributed by atoms with Crippen LogP contribution in [0.3, 0.4) is 0 Å². The van der Waals surface area contributed by atoms with E-state index in [-0.39, 0.29) is 0 Å². The highest BCUT2D eigenvalue weighted by Crippen LogP contribution is 2.27. The molecule has 0 radical (unpaired) electrons. The molecule has 2 heterocycles. The monoisotopic (exact) mass is 232 g/mol. The lowest BCUT2D eigenvalue weighted by Gasteiger charge is -2.02. The summed E-state index contributed by atoms with van der Waals surface area (Å²) in [5, 5.41) is 3.18. The third-order valence-corrected chi connectivity index (χ3v) is 3.46. The first kappa shape index (κ1) is 11.3. The minimum atomic E-state index is 0.485. The van der Waals surface area contributed by atoms with Crippen LogP contribution in [0.5, 0.6) is 0 Å². The van der Waals surface area contributed by atoms with Gasteiger partial charge in [0.25, 0.3) is 0 Å². The predicted octanol–water partition coefficient (Wildman–Crippen LogP) is 3.89. The molecule has 3 heteroatoms. The topological polar surface area (TPSA) is 25.8 Å². The molecule has 0 N–H and O–H groups in total. The first-order valence-corrected chi connectivity index (χ1v) is 6.50. The highest BCUT2D eigenvalue weighted by atomic mass is 32.1. The molecule has 2 nitrogen and oxygen atoms in total. The molecule has 0 saturated carbocycles. The van der Waals surface area contributed by atoms with Crippen molar-refractivity contribution in [3.63, 3.8) is 0 Å². The smallest absolute Gasteiger partial charge is 0.142 e. The van der Waals surface area contributed by atoms with Crippen molar-refractivity contribution in [2.24, 2.45) is 0 Å². The summed E-state index contributed by atoms with van der Waals surface area (Å²) in [6.07, 6.45) is 2.84. The molecule has 16 heavy (non-hydrogen) atoms. The van der Waals surface area contributed by atoms with Crippen molar-refractivity contribution in [2.75, 3.05) is 0 Å². The van der Waals surface area contributed by atoms with E-state index in [1.807, 2.05) is 12.3 Å². The van der Waals surface area contributed by atoms with E-state index in [9.17, 15) is 0 Å². The Morgan fingerprint density at radius 1 is 1.38 bits per heavy atom. The first-order valence-electron chi connectivity index (χ1n) is 5.62. The number of thiazole rings is 1. The van der Waals surface area contributed by atoms with E-state index in [0.29, 0.717) is 5.92 Å². The highest BCUT2D eigenvalue weighted by Gasteiger charge is 2.11. The lowest BCUT2D eigenvalue weighted by atomic mass is 10.1. The van der Waals surface area contributed by atoms with E-state index >= 15 is 0 Å². The number of pyridine rings is 1. The van der Waals surface area contributed by atoms with Crippen LogP contribution in [0.2, 0.25) is 0 Å². The van der Waals surface area contributed by atoms with Gasteiger partial charge in [-0.1, -0.05) is 26.8 Å². The molecular formula is C13H16N2S. The van der Waals surface area contributed by atoms with Gasteiger partial charge in [-0.2, -0.15) is 0 Å². The van der Waals surface area contributed by atoms with Crippen LogP contribution in [-0.4, -0.2) is 9.97 Å². The van der Waals surface area contributed by atoms with Crippen LogP contribution >= 0.6 is 11.3 Å². The van der Waals surface area contributed by atoms with Gasteiger partial charge in [-0.3, -0.25) is 4.98 Å². The van der Waals surface area contributed by atoms with Crippen molar-refractivity contribution >= 4 is 11.3 Å². The second kappa shape index (κ2) is 4.74. The van der Waals surface area contributed by atoms with Crippen molar-refractivity contribution < 1.29 is 0 Å². The number of nitrogens with zero attached hydrogens (tertiary/aromatic N) is 2. The molecular weight excluding hydrogens is 216 g/mol. The SMILES string of the molecule is CCc1cccnc1-c1nc(C(C)C)cs1. The van der Waals surface area contributed by atoms with Crippen LogP contribution in [0.1, 0.15) is 37.9 Å². The Morgan fingerprint density at radius 3 is 2.81 bits per heavy atom. The average molecular weight is 232 g/mol. The zero-order chi connectivity index (χ0) is 11.5. The summed E-state index contributed by atoms with van der Waals surface area (Å²) in [7, 11) is 0. The fraction of sp³-hybridized carbons (Fsp3) is 0.385. The Hall–Kier alpha value is -1.22. The molecule has 0 aliphatic heterocycles. The van der Waals surface area contributed by atoms with Gasteiger partial charge in [0, 0.05) is 11.6 Å². The molecule has 84 valence electrons. The lowest BCUT2D eigenvalue weighted by molar-refractivity contribution is 0.833. The van der Waals surface area contributed by atoms with E-state index in [0.717, 1.165) is 22.8 Å². The van der Waals surface area contributed by atoms with E-state index in [1.54, 1.807) is 11.3 Å². The van der Waals surface area contributed by atoms with E-state index in [4.69, 9.17) is 0 Å². The summed E-state index contributed by atoms with van der Waals surface area (Å²) < 4.78 is 0. The van der Waals surface area contributed by atoms with Crippen LogP contribution in [0, 0.1) is 0 Å². The van der Waals surface area contributed by atoms with Gasteiger partial charge in [-0.15, -0.1) is 11.3 Å². The minimum Gasteiger partial charge on any atom is -0.253 e. The van der Waals surface area contributed by atoms with Gasteiger partial charge in [0.2, 0.25) is 0 Å². The van der Waals surface area contributed by atoms with Crippen LogP contribution in [0.15, 0.2) is 23.7 Å². The predicted molar refractivity (Wildman–Crippen MR) is 68.8 cm³/mol. The summed E-state index contributed by atoms with van der Waals surface area (Å²) in [5.74, 6) is 0.485. The van der Waals surface area contributed by atoms with E-state index < -0.39 is 0 Å².